The lowest BCUT2D eigenvalue weighted by atomic mass is 9.97. The van der Waals surface area contributed by atoms with Gasteiger partial charge in [-0.2, -0.15) is 0 Å². The van der Waals surface area contributed by atoms with Gasteiger partial charge in [0.15, 0.2) is 5.82 Å². The fourth-order valence-corrected chi connectivity index (χ4v) is 2.66. The molecular weight excluding hydrogens is 238 g/mol. The summed E-state index contributed by atoms with van der Waals surface area (Å²) >= 11 is 0. The van der Waals surface area contributed by atoms with Crippen LogP contribution in [0.15, 0.2) is 0 Å². The average molecular weight is 263 g/mol. The van der Waals surface area contributed by atoms with Crippen molar-refractivity contribution >= 4 is 0 Å². The summed E-state index contributed by atoms with van der Waals surface area (Å²) in [4.78, 5) is 9.40. The summed E-state index contributed by atoms with van der Waals surface area (Å²) in [5.41, 5.74) is 8.79. The van der Waals surface area contributed by atoms with E-state index in [0.717, 1.165) is 43.1 Å². The Labute approximate surface area is 115 Å². The third kappa shape index (κ3) is 2.95. The highest BCUT2D eigenvalue weighted by molar-refractivity contribution is 5.26. The van der Waals surface area contributed by atoms with Gasteiger partial charge in [-0.05, 0) is 58.1 Å². The number of ether oxygens (including phenoxy) is 1. The lowest BCUT2D eigenvalue weighted by molar-refractivity contribution is 0.00901. The molecule has 2 rings (SSSR count). The number of rotatable bonds is 4. The summed E-state index contributed by atoms with van der Waals surface area (Å²) in [6.45, 7) is 9.89. The first kappa shape index (κ1) is 14.4. The van der Waals surface area contributed by atoms with E-state index in [1.165, 1.54) is 5.56 Å². The summed E-state index contributed by atoms with van der Waals surface area (Å²) in [7, 11) is 0. The van der Waals surface area contributed by atoms with E-state index in [9.17, 15) is 0 Å². The molecule has 2 N–H and O–H groups in total. The van der Waals surface area contributed by atoms with Crippen LogP contribution in [0.1, 0.15) is 49.5 Å². The zero-order valence-corrected chi connectivity index (χ0v) is 12.5. The van der Waals surface area contributed by atoms with Crippen molar-refractivity contribution in [3.63, 3.8) is 0 Å². The first-order chi connectivity index (χ1) is 8.96. The van der Waals surface area contributed by atoms with E-state index >= 15 is 0 Å². The van der Waals surface area contributed by atoms with Gasteiger partial charge >= 0.3 is 0 Å². The molecule has 0 aliphatic carbocycles. The molecule has 2 unspecified atom stereocenters. The Kier molecular flexibility index (Phi) is 4.21. The molecule has 0 spiro atoms. The average Bonchev–Trinajstić information content (AvgIpc) is 2.81. The van der Waals surface area contributed by atoms with E-state index in [1.807, 2.05) is 0 Å². The van der Waals surface area contributed by atoms with Crippen molar-refractivity contribution < 1.29 is 4.74 Å². The second-order valence-corrected chi connectivity index (χ2v) is 5.92. The van der Waals surface area contributed by atoms with Crippen molar-refractivity contribution in [1.82, 2.24) is 9.97 Å². The topological polar surface area (TPSA) is 61.0 Å². The molecule has 0 aromatic carbocycles. The number of hydrogen-bond donors (Lipinski definition) is 1. The van der Waals surface area contributed by atoms with Crippen molar-refractivity contribution in [1.29, 1.82) is 0 Å². The van der Waals surface area contributed by atoms with Gasteiger partial charge in [-0.25, -0.2) is 9.97 Å². The SMILES string of the molecule is Cc1nc(C2(C)CCCO2)nc(C)c1CC(C)CN. The summed E-state index contributed by atoms with van der Waals surface area (Å²) in [6, 6.07) is 0. The molecule has 1 aliphatic rings. The molecule has 1 fully saturated rings. The molecule has 1 aromatic rings. The van der Waals surface area contributed by atoms with E-state index in [-0.39, 0.29) is 5.60 Å². The van der Waals surface area contributed by atoms with Crippen molar-refractivity contribution in [2.45, 2.75) is 52.6 Å². The summed E-state index contributed by atoms with van der Waals surface area (Å²) < 4.78 is 5.83. The molecule has 0 radical (unpaired) electrons. The minimum Gasteiger partial charge on any atom is -0.367 e. The van der Waals surface area contributed by atoms with Gasteiger partial charge in [0.25, 0.3) is 0 Å². The number of aromatic nitrogens is 2. The Balaban J connectivity index is 2.31. The van der Waals surface area contributed by atoms with Gasteiger partial charge in [-0.1, -0.05) is 6.92 Å². The van der Waals surface area contributed by atoms with Crippen LogP contribution in [0.3, 0.4) is 0 Å². The second-order valence-electron chi connectivity index (χ2n) is 5.92. The first-order valence-electron chi connectivity index (χ1n) is 7.15. The fourth-order valence-electron chi connectivity index (χ4n) is 2.66. The third-order valence-corrected chi connectivity index (χ3v) is 4.07. The van der Waals surface area contributed by atoms with E-state index in [2.05, 4.69) is 27.7 Å². The zero-order valence-electron chi connectivity index (χ0n) is 12.5. The second kappa shape index (κ2) is 5.55. The van der Waals surface area contributed by atoms with E-state index in [4.69, 9.17) is 20.4 Å². The van der Waals surface area contributed by atoms with E-state index in [1.54, 1.807) is 0 Å². The van der Waals surface area contributed by atoms with Gasteiger partial charge in [-0.3, -0.25) is 0 Å². The molecule has 1 aliphatic heterocycles. The monoisotopic (exact) mass is 263 g/mol. The third-order valence-electron chi connectivity index (χ3n) is 4.07. The molecule has 1 aromatic heterocycles. The van der Waals surface area contributed by atoms with Crippen molar-refractivity contribution in [3.8, 4) is 0 Å². The summed E-state index contributed by atoms with van der Waals surface area (Å²) in [6.07, 6.45) is 3.04. The maximum Gasteiger partial charge on any atom is 0.160 e. The van der Waals surface area contributed by atoms with E-state index < -0.39 is 0 Å². The number of aryl methyl sites for hydroxylation is 2. The molecule has 2 heterocycles. The number of nitrogens with two attached hydrogens (primary N) is 1. The summed E-state index contributed by atoms with van der Waals surface area (Å²) in [5, 5.41) is 0. The Bertz CT molecular complexity index is 430. The van der Waals surface area contributed by atoms with Gasteiger partial charge in [-0.15, -0.1) is 0 Å². The normalized spacial score (nSPS) is 24.7. The zero-order chi connectivity index (χ0) is 14.0. The Hall–Kier alpha value is -1.00. The quantitative estimate of drug-likeness (QED) is 0.905. The van der Waals surface area contributed by atoms with Gasteiger partial charge in [0, 0.05) is 18.0 Å². The smallest absolute Gasteiger partial charge is 0.160 e. The highest BCUT2D eigenvalue weighted by atomic mass is 16.5. The van der Waals surface area contributed by atoms with Crippen LogP contribution in [0.2, 0.25) is 0 Å². The van der Waals surface area contributed by atoms with Crippen LogP contribution in [0, 0.1) is 19.8 Å². The van der Waals surface area contributed by atoms with Crippen LogP contribution in [0.4, 0.5) is 0 Å². The lowest BCUT2D eigenvalue weighted by Crippen LogP contribution is -2.25. The number of nitrogens with zero attached hydrogens (tertiary/aromatic N) is 2. The molecule has 0 saturated carbocycles. The largest absolute Gasteiger partial charge is 0.367 e. The molecule has 19 heavy (non-hydrogen) atoms. The van der Waals surface area contributed by atoms with Crippen LogP contribution in [-0.2, 0) is 16.8 Å². The van der Waals surface area contributed by atoms with Crippen LogP contribution in [0.25, 0.3) is 0 Å². The molecule has 4 nitrogen and oxygen atoms in total. The van der Waals surface area contributed by atoms with Gasteiger partial charge in [0.05, 0.1) is 0 Å². The lowest BCUT2D eigenvalue weighted by Gasteiger charge is -2.23. The van der Waals surface area contributed by atoms with Gasteiger partial charge in [0.2, 0.25) is 0 Å². The standard InChI is InChI=1S/C15H25N3O/c1-10(9-16)8-13-11(2)17-14(18-12(13)3)15(4)6-5-7-19-15/h10H,5-9,16H2,1-4H3. The molecule has 4 heteroatoms. The first-order valence-corrected chi connectivity index (χ1v) is 7.15. The molecule has 0 bridgehead atoms. The minimum atomic E-state index is -0.298. The van der Waals surface area contributed by atoms with Crippen LogP contribution in [0.5, 0.6) is 0 Å². The molecule has 0 amide bonds. The predicted octanol–water partition coefficient (Wildman–Crippen LogP) is 2.26. The van der Waals surface area contributed by atoms with Crippen molar-refractivity contribution in [3.05, 3.63) is 22.8 Å². The molecule has 1 saturated heterocycles. The van der Waals surface area contributed by atoms with Crippen molar-refractivity contribution in [2.24, 2.45) is 11.7 Å². The van der Waals surface area contributed by atoms with Crippen LogP contribution < -0.4 is 5.73 Å². The van der Waals surface area contributed by atoms with Crippen LogP contribution in [-0.4, -0.2) is 23.1 Å². The van der Waals surface area contributed by atoms with E-state index in [0.29, 0.717) is 12.5 Å². The van der Waals surface area contributed by atoms with Gasteiger partial charge in [0.1, 0.15) is 5.60 Å². The maximum atomic E-state index is 5.83. The highest BCUT2D eigenvalue weighted by Crippen LogP contribution is 2.34. The van der Waals surface area contributed by atoms with Gasteiger partial charge < -0.3 is 10.5 Å². The molecule has 2 atom stereocenters. The maximum absolute atomic E-state index is 5.83. The van der Waals surface area contributed by atoms with Crippen LogP contribution >= 0.6 is 0 Å². The number of hydrogen-bond acceptors (Lipinski definition) is 4. The Morgan fingerprint density at radius 2 is 1.95 bits per heavy atom. The molecule has 106 valence electrons. The minimum absolute atomic E-state index is 0.298. The highest BCUT2D eigenvalue weighted by Gasteiger charge is 2.35. The Morgan fingerprint density at radius 3 is 2.42 bits per heavy atom. The molecular formula is C15H25N3O. The summed E-state index contributed by atoms with van der Waals surface area (Å²) in [5.74, 6) is 1.30. The predicted molar refractivity (Wildman–Crippen MR) is 76.0 cm³/mol. The fraction of sp³-hybridized carbons (Fsp3) is 0.733. The van der Waals surface area contributed by atoms with Crippen molar-refractivity contribution in [2.75, 3.05) is 13.2 Å². The Morgan fingerprint density at radius 1 is 1.32 bits per heavy atom.